The van der Waals surface area contributed by atoms with Crippen molar-refractivity contribution in [3.8, 4) is 0 Å². The van der Waals surface area contributed by atoms with E-state index in [1.807, 2.05) is 60.7 Å². The Morgan fingerprint density at radius 3 is 1.54 bits per heavy atom. The van der Waals surface area contributed by atoms with Gasteiger partial charge in [-0.1, -0.05) is 94.4 Å². The van der Waals surface area contributed by atoms with Crippen LogP contribution in [0.3, 0.4) is 0 Å². The number of carboxylic acid groups (broad SMARTS) is 1. The highest BCUT2D eigenvalue weighted by Gasteiger charge is 2.30. The van der Waals surface area contributed by atoms with Crippen molar-refractivity contribution in [2.24, 2.45) is 5.92 Å². The molecule has 332 valence electrons. The average molecular weight is 932 g/mol. The minimum absolute atomic E-state index is 0.176. The summed E-state index contributed by atoms with van der Waals surface area (Å²) in [6.07, 6.45) is 1.02. The van der Waals surface area contributed by atoms with E-state index in [1.54, 1.807) is 36.5 Å². The fraction of sp³-hybridized carbons (Fsp3) is 0.383. The van der Waals surface area contributed by atoms with Gasteiger partial charge in [0.1, 0.15) is 0 Å². The number of benzene rings is 4. The molecule has 0 spiro atoms. The average Bonchev–Trinajstić information content (AvgIpc) is 3.90. The van der Waals surface area contributed by atoms with Gasteiger partial charge in [-0.05, 0) is 85.3 Å². The number of hydrogen-bond acceptors (Lipinski definition) is 13. The number of thiazole rings is 2. The van der Waals surface area contributed by atoms with Crippen LogP contribution in [0.5, 0.6) is 0 Å². The van der Waals surface area contributed by atoms with Gasteiger partial charge in [0.05, 0.1) is 33.6 Å². The van der Waals surface area contributed by atoms with E-state index >= 15 is 0 Å². The maximum atomic E-state index is 12.3. The van der Waals surface area contributed by atoms with Gasteiger partial charge >= 0.3 is 17.9 Å². The number of fused-ring (bicyclic) bond motifs is 2. The zero-order valence-corrected chi connectivity index (χ0v) is 38.7. The molecule has 0 unspecified atom stereocenters. The third kappa shape index (κ3) is 12.9. The van der Waals surface area contributed by atoms with E-state index in [0.29, 0.717) is 6.42 Å². The van der Waals surface area contributed by atoms with Crippen LogP contribution < -0.4 is 9.80 Å². The Morgan fingerprint density at radius 1 is 0.635 bits per heavy atom. The molecule has 0 bridgehead atoms. The van der Waals surface area contributed by atoms with Gasteiger partial charge in [-0.25, -0.2) is 9.97 Å². The number of halogens is 2. The standard InChI is InChI=1S/C26H30ClN3O4S.C21H22ClN3O2S/c1-3-33-24(31)21(25(32)34-4-2)15-18-6-5-7-19(14-18)17-29-10-12-30(13-11-29)26-28-22-9-8-20(27)16-23(22)35-26;22-17-5-6-18-19(13-17)28-21(23-18)25-10-8-24(9-11-25)14-16-3-1-2-15(12-16)4-7-20(26)27/h5-9,14,16,21H,3-4,10-13,15,17H2,1-2H3;1-3,5-6,12-13H,4,7-11,14H2,(H,26,27). The van der Waals surface area contributed by atoms with E-state index in [9.17, 15) is 14.4 Å². The highest BCUT2D eigenvalue weighted by Crippen LogP contribution is 2.33. The number of anilines is 2. The second-order valence-corrected chi connectivity index (χ2v) is 18.4. The van der Waals surface area contributed by atoms with Crippen LogP contribution in [-0.4, -0.2) is 108 Å². The van der Waals surface area contributed by atoms with Crippen LogP contribution in [0.4, 0.5) is 10.3 Å². The van der Waals surface area contributed by atoms with Gasteiger partial charge < -0.3 is 24.4 Å². The first-order valence-corrected chi connectivity index (χ1v) is 23.7. The molecule has 8 rings (SSSR count). The summed E-state index contributed by atoms with van der Waals surface area (Å²) in [7, 11) is 0. The largest absolute Gasteiger partial charge is 0.481 e. The van der Waals surface area contributed by atoms with E-state index in [2.05, 4.69) is 43.9 Å². The van der Waals surface area contributed by atoms with Crippen molar-refractivity contribution >= 4 is 94.5 Å². The zero-order chi connectivity index (χ0) is 44.3. The predicted molar refractivity (Wildman–Crippen MR) is 254 cm³/mol. The molecule has 63 heavy (non-hydrogen) atoms. The molecule has 0 saturated carbocycles. The number of carbonyl (C=O) groups excluding carboxylic acids is 2. The number of aromatic nitrogens is 2. The van der Waals surface area contributed by atoms with Crippen molar-refractivity contribution in [3.63, 3.8) is 0 Å². The fourth-order valence-electron chi connectivity index (χ4n) is 7.73. The molecule has 0 radical (unpaired) electrons. The van der Waals surface area contributed by atoms with E-state index in [1.165, 1.54) is 5.56 Å². The normalized spacial score (nSPS) is 14.8. The molecule has 4 heterocycles. The SMILES string of the molecule is CCOC(=O)C(Cc1cccc(CN2CCN(c3nc4ccc(Cl)cc4s3)CC2)c1)C(=O)OCC.O=C(O)CCc1cccc(CN2CCN(c3nc4ccc(Cl)cc4s3)CC2)c1. The van der Waals surface area contributed by atoms with Gasteiger partial charge in [-0.15, -0.1) is 0 Å². The molecule has 2 fully saturated rings. The summed E-state index contributed by atoms with van der Waals surface area (Å²) in [6.45, 7) is 13.1. The Hall–Kier alpha value is -4.83. The Bertz CT molecular complexity index is 2480. The Kier molecular flexibility index (Phi) is 16.3. The molecule has 0 aliphatic carbocycles. The lowest BCUT2D eigenvalue weighted by Crippen LogP contribution is -2.45. The van der Waals surface area contributed by atoms with Gasteiger partial charge in [-0.3, -0.25) is 24.2 Å². The molecule has 2 aromatic heterocycles. The summed E-state index contributed by atoms with van der Waals surface area (Å²) in [5, 5.41) is 12.4. The van der Waals surface area contributed by atoms with Crippen LogP contribution >= 0.6 is 45.9 Å². The molecule has 16 heteroatoms. The number of ether oxygens (including phenoxy) is 2. The maximum Gasteiger partial charge on any atom is 0.320 e. The zero-order valence-electron chi connectivity index (χ0n) is 35.5. The number of carbonyl (C=O) groups is 3. The lowest BCUT2D eigenvalue weighted by molar-refractivity contribution is -0.161. The molecule has 2 aliphatic rings. The highest BCUT2D eigenvalue weighted by molar-refractivity contribution is 7.22. The lowest BCUT2D eigenvalue weighted by atomic mass is 9.98. The van der Waals surface area contributed by atoms with Crippen LogP contribution in [0.2, 0.25) is 10.0 Å². The predicted octanol–water partition coefficient (Wildman–Crippen LogP) is 8.85. The lowest BCUT2D eigenvalue weighted by Gasteiger charge is -2.34. The Labute approximate surface area is 385 Å². The Morgan fingerprint density at radius 2 is 1.08 bits per heavy atom. The molecule has 1 N–H and O–H groups in total. The summed E-state index contributed by atoms with van der Waals surface area (Å²) in [5.41, 5.74) is 6.39. The molecular formula is C47H52Cl2N6O6S2. The molecular weight excluding hydrogens is 880 g/mol. The third-order valence-electron chi connectivity index (χ3n) is 11.0. The maximum absolute atomic E-state index is 12.3. The smallest absolute Gasteiger partial charge is 0.320 e. The van der Waals surface area contributed by atoms with E-state index in [-0.39, 0.29) is 26.1 Å². The molecule has 6 aromatic rings. The second-order valence-electron chi connectivity index (χ2n) is 15.5. The second kappa shape index (κ2) is 22.2. The topological polar surface area (TPSA) is 129 Å². The number of aryl methyl sites for hydroxylation is 1. The first-order chi connectivity index (χ1) is 30.5. The highest BCUT2D eigenvalue weighted by atomic mass is 35.5. The summed E-state index contributed by atoms with van der Waals surface area (Å²) in [4.78, 5) is 54.5. The first-order valence-electron chi connectivity index (χ1n) is 21.3. The summed E-state index contributed by atoms with van der Waals surface area (Å²) in [6, 6.07) is 28.0. The molecule has 4 aromatic carbocycles. The van der Waals surface area contributed by atoms with Gasteiger partial charge in [0.2, 0.25) is 0 Å². The number of nitrogens with zero attached hydrogens (tertiary/aromatic N) is 6. The van der Waals surface area contributed by atoms with Crippen molar-refractivity contribution in [1.82, 2.24) is 19.8 Å². The van der Waals surface area contributed by atoms with Crippen molar-refractivity contribution in [2.75, 3.05) is 75.4 Å². The van der Waals surface area contributed by atoms with Crippen LogP contribution in [0.1, 0.15) is 42.5 Å². The quantitative estimate of drug-likeness (QED) is 0.0781. The minimum atomic E-state index is -0.947. The molecule has 12 nitrogen and oxygen atoms in total. The van der Waals surface area contributed by atoms with E-state index in [4.69, 9.17) is 47.8 Å². The molecule has 2 saturated heterocycles. The third-order valence-corrected chi connectivity index (χ3v) is 13.6. The van der Waals surface area contributed by atoms with Gasteiger partial charge in [0, 0.05) is 81.9 Å². The first kappa shape index (κ1) is 46.2. The van der Waals surface area contributed by atoms with Crippen molar-refractivity contribution in [2.45, 2.75) is 46.2 Å². The van der Waals surface area contributed by atoms with Gasteiger partial charge in [0.15, 0.2) is 16.2 Å². The van der Waals surface area contributed by atoms with E-state index in [0.717, 1.165) is 123 Å². The number of carboxylic acids is 1. The van der Waals surface area contributed by atoms with Crippen LogP contribution in [0.15, 0.2) is 84.9 Å². The summed E-state index contributed by atoms with van der Waals surface area (Å²) in [5.74, 6) is -2.77. The van der Waals surface area contributed by atoms with Crippen molar-refractivity contribution < 1.29 is 29.0 Å². The van der Waals surface area contributed by atoms with Crippen molar-refractivity contribution in [1.29, 1.82) is 0 Å². The summed E-state index contributed by atoms with van der Waals surface area (Å²) >= 11 is 15.6. The van der Waals surface area contributed by atoms with E-state index < -0.39 is 23.8 Å². The van der Waals surface area contributed by atoms with Crippen LogP contribution in [0, 0.1) is 5.92 Å². The van der Waals surface area contributed by atoms with Crippen LogP contribution in [-0.2, 0) is 49.8 Å². The number of esters is 2. The molecule has 0 amide bonds. The molecule has 0 atom stereocenters. The van der Waals surface area contributed by atoms with Crippen LogP contribution in [0.25, 0.3) is 20.4 Å². The number of rotatable bonds is 15. The van der Waals surface area contributed by atoms with Crippen molar-refractivity contribution in [3.05, 3.63) is 117 Å². The number of aliphatic carboxylic acids is 1. The van der Waals surface area contributed by atoms with Gasteiger partial charge in [-0.2, -0.15) is 0 Å². The fourth-order valence-corrected chi connectivity index (χ4v) is 10.3. The van der Waals surface area contributed by atoms with Gasteiger partial charge in [0.25, 0.3) is 0 Å². The number of hydrogen-bond donors (Lipinski definition) is 1. The summed E-state index contributed by atoms with van der Waals surface area (Å²) < 4.78 is 12.4. The minimum Gasteiger partial charge on any atom is -0.481 e. The molecule has 2 aliphatic heterocycles. The number of piperazine rings is 2. The monoisotopic (exact) mass is 930 g/mol. The Balaban J connectivity index is 0.000000193.